The second kappa shape index (κ2) is 8.42. The molecule has 0 saturated heterocycles. The van der Waals surface area contributed by atoms with E-state index in [1.165, 1.54) is 25.6 Å². The molecule has 1 heterocycles. The molecule has 1 rings (SSSR count). The van der Waals surface area contributed by atoms with Gasteiger partial charge in [0.05, 0.1) is 13.2 Å². The minimum Gasteiger partial charge on any atom is -0.465 e. The molecule has 0 atom stereocenters. The maximum absolute atomic E-state index is 12.5. The van der Waals surface area contributed by atoms with Crippen LogP contribution >= 0.6 is 15.9 Å². The zero-order valence-corrected chi connectivity index (χ0v) is 14.2. The van der Waals surface area contributed by atoms with Gasteiger partial charge in [-0.3, -0.25) is 9.78 Å². The number of esters is 1. The molecule has 0 aromatic carbocycles. The molecule has 0 aliphatic rings. The average Bonchev–Trinajstić information content (AvgIpc) is 2.43. The maximum Gasteiger partial charge on any atom is 0.321 e. The van der Waals surface area contributed by atoms with Crippen molar-refractivity contribution in [2.45, 2.75) is 11.8 Å². The van der Waals surface area contributed by atoms with Crippen LogP contribution in [-0.2, 0) is 24.3 Å². The number of hydrogen-bond acceptors (Lipinski definition) is 6. The lowest BCUT2D eigenvalue weighted by Gasteiger charge is -2.20. The minimum absolute atomic E-state index is 0.00252. The molecule has 1 aromatic heterocycles. The van der Waals surface area contributed by atoms with Gasteiger partial charge in [0.2, 0.25) is 10.0 Å². The highest BCUT2D eigenvalue weighted by atomic mass is 79.9. The second-order valence-corrected chi connectivity index (χ2v) is 6.83. The predicted molar refractivity (Wildman–Crippen MR) is 79.2 cm³/mol. The summed E-state index contributed by atoms with van der Waals surface area (Å²) in [6.07, 6.45) is 2.70. The van der Waals surface area contributed by atoms with Crippen LogP contribution in [0.4, 0.5) is 0 Å². The van der Waals surface area contributed by atoms with Crippen LogP contribution in [-0.4, -0.2) is 57.1 Å². The number of halogens is 1. The van der Waals surface area contributed by atoms with Crippen molar-refractivity contribution in [2.24, 2.45) is 0 Å². The van der Waals surface area contributed by atoms with Crippen molar-refractivity contribution in [1.29, 1.82) is 0 Å². The molecule has 0 spiro atoms. The smallest absolute Gasteiger partial charge is 0.321 e. The molecule has 0 N–H and O–H groups in total. The largest absolute Gasteiger partial charge is 0.465 e. The number of sulfonamides is 1. The lowest BCUT2D eigenvalue weighted by molar-refractivity contribution is -0.143. The van der Waals surface area contributed by atoms with Crippen LogP contribution in [0.5, 0.6) is 0 Å². The van der Waals surface area contributed by atoms with Gasteiger partial charge in [0.15, 0.2) is 0 Å². The van der Waals surface area contributed by atoms with Crippen LogP contribution < -0.4 is 0 Å². The molecule has 1 aromatic rings. The minimum atomic E-state index is -3.85. The molecular formula is C12H17BrN2O5S. The summed E-state index contributed by atoms with van der Waals surface area (Å²) in [6, 6.07) is 1.42. The molecule has 21 heavy (non-hydrogen) atoms. The molecule has 0 aliphatic heterocycles. The van der Waals surface area contributed by atoms with E-state index in [1.54, 1.807) is 6.92 Å². The van der Waals surface area contributed by atoms with E-state index in [4.69, 9.17) is 9.47 Å². The highest BCUT2D eigenvalue weighted by molar-refractivity contribution is 9.10. The Morgan fingerprint density at radius 3 is 2.71 bits per heavy atom. The van der Waals surface area contributed by atoms with E-state index in [1.807, 2.05) is 0 Å². The predicted octanol–water partition coefficient (Wildman–Crippen LogP) is 1.04. The van der Waals surface area contributed by atoms with Crippen LogP contribution in [0, 0.1) is 0 Å². The Morgan fingerprint density at radius 1 is 1.43 bits per heavy atom. The topological polar surface area (TPSA) is 85.8 Å². The van der Waals surface area contributed by atoms with E-state index in [9.17, 15) is 13.2 Å². The molecule has 118 valence electrons. The van der Waals surface area contributed by atoms with Crippen molar-refractivity contribution >= 4 is 31.9 Å². The molecule has 0 fully saturated rings. The molecule has 0 unspecified atom stereocenters. The van der Waals surface area contributed by atoms with Gasteiger partial charge in [-0.15, -0.1) is 0 Å². The number of rotatable bonds is 8. The number of hydrogen-bond donors (Lipinski definition) is 0. The Kier molecular flexibility index (Phi) is 7.23. The Balaban J connectivity index is 3.02. The third kappa shape index (κ3) is 5.34. The Hall–Kier alpha value is -1.03. The van der Waals surface area contributed by atoms with E-state index in [2.05, 4.69) is 20.9 Å². The fraction of sp³-hybridized carbons (Fsp3) is 0.500. The summed E-state index contributed by atoms with van der Waals surface area (Å²) in [7, 11) is -2.40. The number of aromatic nitrogens is 1. The first-order chi connectivity index (χ1) is 9.91. The first-order valence-corrected chi connectivity index (χ1v) is 8.40. The van der Waals surface area contributed by atoms with Gasteiger partial charge in [-0.1, -0.05) is 0 Å². The summed E-state index contributed by atoms with van der Waals surface area (Å²) in [4.78, 5) is 15.4. The number of carbonyl (C=O) groups is 1. The number of ether oxygens (including phenoxy) is 2. The van der Waals surface area contributed by atoms with E-state index >= 15 is 0 Å². The zero-order valence-electron chi connectivity index (χ0n) is 11.8. The molecule has 0 amide bonds. The van der Waals surface area contributed by atoms with Crippen molar-refractivity contribution in [3.8, 4) is 0 Å². The highest BCUT2D eigenvalue weighted by Gasteiger charge is 2.27. The van der Waals surface area contributed by atoms with Crippen molar-refractivity contribution < 1.29 is 22.7 Å². The summed E-state index contributed by atoms with van der Waals surface area (Å²) in [6.45, 7) is 1.69. The van der Waals surface area contributed by atoms with Crippen molar-refractivity contribution in [3.05, 3.63) is 22.9 Å². The zero-order chi connectivity index (χ0) is 15.9. The molecular weight excluding hydrogens is 364 g/mol. The number of nitrogens with zero attached hydrogens (tertiary/aromatic N) is 2. The lowest BCUT2D eigenvalue weighted by atomic mass is 10.5. The van der Waals surface area contributed by atoms with Crippen molar-refractivity contribution in [2.75, 3.05) is 33.4 Å². The van der Waals surface area contributed by atoms with E-state index in [0.717, 1.165) is 4.31 Å². The average molecular weight is 381 g/mol. The Bertz CT molecular complexity index is 579. The summed E-state index contributed by atoms with van der Waals surface area (Å²) in [5.74, 6) is -0.611. The third-order valence-corrected chi connectivity index (χ3v) is 4.72. The summed E-state index contributed by atoms with van der Waals surface area (Å²) in [5.41, 5.74) is 0. The summed E-state index contributed by atoms with van der Waals surface area (Å²) >= 11 is 3.17. The van der Waals surface area contributed by atoms with Crippen LogP contribution in [0.2, 0.25) is 0 Å². The summed E-state index contributed by atoms with van der Waals surface area (Å²) < 4.78 is 36.3. The van der Waals surface area contributed by atoms with Gasteiger partial charge in [0.1, 0.15) is 11.4 Å². The van der Waals surface area contributed by atoms with Gasteiger partial charge in [0.25, 0.3) is 0 Å². The third-order valence-electron chi connectivity index (χ3n) is 2.47. The first-order valence-electron chi connectivity index (χ1n) is 6.17. The molecule has 0 bridgehead atoms. The second-order valence-electron chi connectivity index (χ2n) is 3.98. The SMILES string of the molecule is CCOC(=O)CN(CCOC)S(=O)(=O)c1cncc(Br)c1. The van der Waals surface area contributed by atoms with Gasteiger partial charge in [-0.05, 0) is 28.9 Å². The van der Waals surface area contributed by atoms with Crippen molar-refractivity contribution in [1.82, 2.24) is 9.29 Å². The van der Waals surface area contributed by atoms with Crippen LogP contribution in [0.3, 0.4) is 0 Å². The molecule has 7 nitrogen and oxygen atoms in total. The summed E-state index contributed by atoms with van der Waals surface area (Å²) in [5, 5.41) is 0. The standard InChI is InChI=1S/C12H17BrN2O5S/c1-3-20-12(16)9-15(4-5-19-2)21(17,18)11-6-10(13)7-14-8-11/h6-8H,3-5,9H2,1-2H3. The Labute approximate surface area is 132 Å². The fourth-order valence-corrected chi connectivity index (χ4v) is 3.39. The van der Waals surface area contributed by atoms with Gasteiger partial charge in [-0.25, -0.2) is 8.42 Å². The molecule has 0 saturated carbocycles. The van der Waals surface area contributed by atoms with E-state index in [-0.39, 0.29) is 31.2 Å². The van der Waals surface area contributed by atoms with Gasteiger partial charge in [-0.2, -0.15) is 4.31 Å². The molecule has 9 heteroatoms. The lowest BCUT2D eigenvalue weighted by Crippen LogP contribution is -2.38. The molecule has 0 aliphatic carbocycles. The number of methoxy groups -OCH3 is 1. The van der Waals surface area contributed by atoms with Crippen LogP contribution in [0.15, 0.2) is 27.8 Å². The monoisotopic (exact) mass is 380 g/mol. The maximum atomic E-state index is 12.5. The number of carbonyl (C=O) groups excluding carboxylic acids is 1. The molecule has 0 radical (unpaired) electrons. The van der Waals surface area contributed by atoms with Gasteiger partial charge >= 0.3 is 5.97 Å². The Morgan fingerprint density at radius 2 is 2.14 bits per heavy atom. The van der Waals surface area contributed by atoms with Gasteiger partial charge in [0, 0.05) is 30.5 Å². The van der Waals surface area contributed by atoms with Crippen molar-refractivity contribution in [3.63, 3.8) is 0 Å². The van der Waals surface area contributed by atoms with Crippen LogP contribution in [0.1, 0.15) is 6.92 Å². The fourth-order valence-electron chi connectivity index (χ4n) is 1.51. The highest BCUT2D eigenvalue weighted by Crippen LogP contribution is 2.18. The van der Waals surface area contributed by atoms with E-state index < -0.39 is 16.0 Å². The number of pyridine rings is 1. The van der Waals surface area contributed by atoms with Crippen LogP contribution in [0.25, 0.3) is 0 Å². The first kappa shape index (κ1) is 18.0. The van der Waals surface area contributed by atoms with Gasteiger partial charge < -0.3 is 9.47 Å². The van der Waals surface area contributed by atoms with E-state index in [0.29, 0.717) is 4.47 Å². The quantitative estimate of drug-likeness (QED) is 0.626. The normalized spacial score (nSPS) is 11.6.